The molecule has 0 radical (unpaired) electrons. The lowest BCUT2D eigenvalue weighted by molar-refractivity contribution is 0.0725. The molecule has 3 rings (SSSR count). The molecular formula is C17H21F2N3S. The molecule has 1 fully saturated rings. The second-order valence-corrected chi connectivity index (χ2v) is 7.25. The molecule has 124 valence electrons. The van der Waals surface area contributed by atoms with E-state index in [4.69, 9.17) is 0 Å². The topological polar surface area (TPSA) is 19.4 Å². The van der Waals surface area contributed by atoms with Gasteiger partial charge in [0.25, 0.3) is 0 Å². The molecule has 0 N–H and O–H groups in total. The largest absolute Gasteiger partial charge is 0.295 e. The zero-order chi connectivity index (χ0) is 16.4. The molecule has 1 aromatic heterocycles. The van der Waals surface area contributed by atoms with Gasteiger partial charge in [0, 0.05) is 50.2 Å². The summed E-state index contributed by atoms with van der Waals surface area (Å²) in [6, 6.07) is 4.09. The number of hydrogen-bond acceptors (Lipinski definition) is 4. The minimum absolute atomic E-state index is 0.342. The highest BCUT2D eigenvalue weighted by molar-refractivity contribution is 7.09. The van der Waals surface area contributed by atoms with E-state index in [0.29, 0.717) is 18.2 Å². The highest BCUT2D eigenvalue weighted by atomic mass is 32.1. The van der Waals surface area contributed by atoms with Crippen LogP contribution in [-0.2, 0) is 13.1 Å². The maximum atomic E-state index is 13.3. The predicted molar refractivity (Wildman–Crippen MR) is 88.4 cm³/mol. The van der Waals surface area contributed by atoms with Crippen LogP contribution in [0, 0.1) is 18.6 Å². The fraction of sp³-hybridized carbons (Fsp3) is 0.471. The van der Waals surface area contributed by atoms with Crippen LogP contribution >= 0.6 is 11.3 Å². The molecular weight excluding hydrogens is 316 g/mol. The molecule has 1 aromatic carbocycles. The van der Waals surface area contributed by atoms with Gasteiger partial charge >= 0.3 is 0 Å². The molecule has 0 saturated carbocycles. The average molecular weight is 337 g/mol. The molecule has 0 spiro atoms. The summed E-state index contributed by atoms with van der Waals surface area (Å²) in [6.07, 6.45) is 0. The molecule has 2 heterocycles. The lowest BCUT2D eigenvalue weighted by Crippen LogP contribution is -2.50. The minimum Gasteiger partial charge on any atom is -0.295 e. The third-order valence-electron chi connectivity index (χ3n) is 4.21. The van der Waals surface area contributed by atoms with Crippen molar-refractivity contribution in [2.24, 2.45) is 0 Å². The zero-order valence-corrected chi connectivity index (χ0v) is 14.2. The zero-order valence-electron chi connectivity index (χ0n) is 13.4. The van der Waals surface area contributed by atoms with Crippen molar-refractivity contribution in [3.05, 3.63) is 51.5 Å². The van der Waals surface area contributed by atoms with Crippen LogP contribution in [0.3, 0.4) is 0 Å². The van der Waals surface area contributed by atoms with E-state index in [1.165, 1.54) is 12.1 Å². The first-order valence-corrected chi connectivity index (χ1v) is 8.70. The van der Waals surface area contributed by atoms with Gasteiger partial charge in [-0.05, 0) is 31.5 Å². The molecule has 1 atom stereocenters. The van der Waals surface area contributed by atoms with E-state index in [-0.39, 0.29) is 0 Å². The van der Waals surface area contributed by atoms with Gasteiger partial charge in [0.15, 0.2) is 0 Å². The molecule has 1 aliphatic heterocycles. The van der Waals surface area contributed by atoms with E-state index in [2.05, 4.69) is 27.1 Å². The summed E-state index contributed by atoms with van der Waals surface area (Å²) in [5.41, 5.74) is 1.82. The van der Waals surface area contributed by atoms with Crippen LogP contribution < -0.4 is 0 Å². The maximum absolute atomic E-state index is 13.3. The Labute approximate surface area is 139 Å². The Morgan fingerprint density at radius 1 is 1.17 bits per heavy atom. The van der Waals surface area contributed by atoms with Crippen molar-refractivity contribution in [3.8, 4) is 0 Å². The summed E-state index contributed by atoms with van der Waals surface area (Å²) in [7, 11) is 0. The van der Waals surface area contributed by atoms with E-state index >= 15 is 0 Å². The smallest absolute Gasteiger partial charge is 0.126 e. The lowest BCUT2D eigenvalue weighted by Gasteiger charge is -2.39. The number of piperazine rings is 1. The lowest BCUT2D eigenvalue weighted by atomic mass is 10.1. The van der Waals surface area contributed by atoms with Crippen molar-refractivity contribution in [2.45, 2.75) is 33.0 Å². The average Bonchev–Trinajstić information content (AvgIpc) is 2.86. The minimum atomic E-state index is -0.509. The summed E-state index contributed by atoms with van der Waals surface area (Å²) in [4.78, 5) is 9.18. The normalized spacial score (nSPS) is 20.1. The molecule has 1 unspecified atom stereocenters. The summed E-state index contributed by atoms with van der Waals surface area (Å²) in [6.45, 7) is 8.41. The second-order valence-electron chi connectivity index (χ2n) is 6.19. The number of rotatable bonds is 4. The SMILES string of the molecule is Cc1nc(CN2CCN(Cc3cc(F)cc(F)c3)C(C)C2)cs1. The van der Waals surface area contributed by atoms with Gasteiger partial charge in [-0.1, -0.05) is 0 Å². The number of thiazole rings is 1. The molecule has 2 aromatic rings. The Bertz CT molecular complexity index is 653. The molecule has 23 heavy (non-hydrogen) atoms. The highest BCUT2D eigenvalue weighted by Gasteiger charge is 2.24. The van der Waals surface area contributed by atoms with E-state index < -0.39 is 11.6 Å². The van der Waals surface area contributed by atoms with Gasteiger partial charge in [-0.25, -0.2) is 13.8 Å². The molecule has 6 heteroatoms. The third-order valence-corrected chi connectivity index (χ3v) is 5.03. The number of aryl methyl sites for hydroxylation is 1. The summed E-state index contributed by atoms with van der Waals surface area (Å²) >= 11 is 1.68. The van der Waals surface area contributed by atoms with Gasteiger partial charge in [0.05, 0.1) is 10.7 Å². The molecule has 1 aliphatic rings. The van der Waals surface area contributed by atoms with Crippen molar-refractivity contribution >= 4 is 11.3 Å². The first kappa shape index (κ1) is 16.5. The standard InChI is InChI=1S/C17H21F2N3S/c1-12-8-21(10-17-11-23-13(2)20-17)3-4-22(12)9-14-5-15(18)7-16(19)6-14/h5-7,11-12H,3-4,8-10H2,1-2H3. The van der Waals surface area contributed by atoms with Gasteiger partial charge in [0.1, 0.15) is 11.6 Å². The number of aromatic nitrogens is 1. The summed E-state index contributed by atoms with van der Waals surface area (Å²) < 4.78 is 26.6. The Hall–Kier alpha value is -1.37. The molecule has 1 saturated heterocycles. The van der Waals surface area contributed by atoms with Gasteiger partial charge in [-0.3, -0.25) is 9.80 Å². The number of halogens is 2. The Balaban J connectivity index is 1.58. The molecule has 0 aliphatic carbocycles. The van der Waals surface area contributed by atoms with Crippen LogP contribution in [0.25, 0.3) is 0 Å². The van der Waals surface area contributed by atoms with Crippen molar-refractivity contribution in [2.75, 3.05) is 19.6 Å². The third kappa shape index (κ3) is 4.34. The molecule has 0 bridgehead atoms. The molecule has 0 amide bonds. The maximum Gasteiger partial charge on any atom is 0.126 e. The Morgan fingerprint density at radius 3 is 2.52 bits per heavy atom. The van der Waals surface area contributed by atoms with Crippen molar-refractivity contribution in [1.29, 1.82) is 0 Å². The quantitative estimate of drug-likeness (QED) is 0.852. The fourth-order valence-electron chi connectivity index (χ4n) is 3.10. The summed E-state index contributed by atoms with van der Waals surface area (Å²) in [5, 5.41) is 3.21. The van der Waals surface area contributed by atoms with Crippen LogP contribution in [0.4, 0.5) is 8.78 Å². The highest BCUT2D eigenvalue weighted by Crippen LogP contribution is 2.18. The monoisotopic (exact) mass is 337 g/mol. The van der Waals surface area contributed by atoms with Gasteiger partial charge in [0.2, 0.25) is 0 Å². The Kier molecular flexibility index (Phi) is 5.04. The second kappa shape index (κ2) is 7.03. The van der Waals surface area contributed by atoms with E-state index in [9.17, 15) is 8.78 Å². The molecule has 3 nitrogen and oxygen atoms in total. The van der Waals surface area contributed by atoms with Crippen LogP contribution in [0.15, 0.2) is 23.6 Å². The number of hydrogen-bond donors (Lipinski definition) is 0. The van der Waals surface area contributed by atoms with Crippen molar-refractivity contribution in [1.82, 2.24) is 14.8 Å². The van der Waals surface area contributed by atoms with E-state index in [1.807, 2.05) is 6.92 Å². The van der Waals surface area contributed by atoms with E-state index in [1.54, 1.807) is 11.3 Å². The van der Waals surface area contributed by atoms with Gasteiger partial charge < -0.3 is 0 Å². The summed E-state index contributed by atoms with van der Waals surface area (Å²) in [5.74, 6) is -1.02. The van der Waals surface area contributed by atoms with Crippen molar-refractivity contribution in [3.63, 3.8) is 0 Å². The first-order chi connectivity index (χ1) is 11.0. The van der Waals surface area contributed by atoms with Crippen LogP contribution in [0.2, 0.25) is 0 Å². The van der Waals surface area contributed by atoms with Crippen LogP contribution in [0.5, 0.6) is 0 Å². The number of benzene rings is 1. The first-order valence-electron chi connectivity index (χ1n) is 7.82. The van der Waals surface area contributed by atoms with Crippen LogP contribution in [0.1, 0.15) is 23.2 Å². The Morgan fingerprint density at radius 2 is 1.91 bits per heavy atom. The fourth-order valence-corrected chi connectivity index (χ4v) is 3.70. The van der Waals surface area contributed by atoms with Gasteiger partial charge in [-0.15, -0.1) is 11.3 Å². The van der Waals surface area contributed by atoms with Crippen LogP contribution in [-0.4, -0.2) is 40.5 Å². The van der Waals surface area contributed by atoms with Gasteiger partial charge in [-0.2, -0.15) is 0 Å². The van der Waals surface area contributed by atoms with E-state index in [0.717, 1.165) is 42.9 Å². The number of nitrogens with zero attached hydrogens (tertiary/aromatic N) is 3. The van der Waals surface area contributed by atoms with Crippen molar-refractivity contribution < 1.29 is 8.78 Å². The predicted octanol–water partition coefficient (Wildman–Crippen LogP) is 3.44.